The molecule has 0 bridgehead atoms. The Morgan fingerprint density at radius 2 is 2.21 bits per heavy atom. The lowest BCUT2D eigenvalue weighted by molar-refractivity contribution is -0.145. The second kappa shape index (κ2) is 8.63. The number of halogens is 1. The van der Waals surface area contributed by atoms with E-state index in [0.717, 1.165) is 6.54 Å². The molecule has 24 heavy (non-hydrogen) atoms. The number of carbonyl (C=O) groups excluding carboxylic acids is 1. The van der Waals surface area contributed by atoms with Gasteiger partial charge in [0.05, 0.1) is 19.0 Å². The summed E-state index contributed by atoms with van der Waals surface area (Å²) < 4.78 is 18.3. The number of carboxylic acids is 1. The maximum Gasteiger partial charge on any atom is 0.307 e. The quantitative estimate of drug-likeness (QED) is 0.734. The van der Waals surface area contributed by atoms with Crippen molar-refractivity contribution in [1.29, 1.82) is 0 Å². The van der Waals surface area contributed by atoms with Crippen LogP contribution < -0.4 is 10.1 Å². The summed E-state index contributed by atoms with van der Waals surface area (Å²) in [7, 11) is 0. The Hall–Kier alpha value is -2.15. The van der Waals surface area contributed by atoms with Gasteiger partial charge >= 0.3 is 5.97 Å². The van der Waals surface area contributed by atoms with E-state index < -0.39 is 11.9 Å². The fourth-order valence-corrected chi connectivity index (χ4v) is 2.94. The molecule has 1 aromatic rings. The molecule has 1 heterocycles. The molecule has 132 valence electrons. The van der Waals surface area contributed by atoms with Crippen LogP contribution in [0.3, 0.4) is 0 Å². The largest absolute Gasteiger partial charge is 0.492 e. The molecule has 6 nitrogen and oxygen atoms in total. The van der Waals surface area contributed by atoms with Crippen molar-refractivity contribution in [1.82, 2.24) is 10.2 Å². The van der Waals surface area contributed by atoms with E-state index in [9.17, 15) is 14.0 Å². The van der Waals surface area contributed by atoms with Crippen molar-refractivity contribution < 1.29 is 23.8 Å². The summed E-state index contributed by atoms with van der Waals surface area (Å²) in [6, 6.07) is 5.81. The molecule has 2 atom stereocenters. The number of hydrogen-bond donors (Lipinski definition) is 2. The van der Waals surface area contributed by atoms with Crippen molar-refractivity contribution in [3.8, 4) is 5.75 Å². The standard InChI is InChI=1S/C17H23FN2O4/c1-12-7-13(17(22)23)10-20(9-12)11-16(21)19-5-6-24-15-4-2-3-14(18)8-15/h2-4,8,12-13H,5-7,9-11H2,1H3,(H,19,21)(H,22,23). The van der Waals surface area contributed by atoms with Crippen LogP contribution in [0.5, 0.6) is 5.75 Å². The predicted octanol–water partition coefficient (Wildman–Crippen LogP) is 1.36. The maximum absolute atomic E-state index is 13.0. The van der Waals surface area contributed by atoms with Gasteiger partial charge in [-0.1, -0.05) is 13.0 Å². The first kappa shape index (κ1) is 18.2. The molecule has 0 radical (unpaired) electrons. The number of amides is 1. The van der Waals surface area contributed by atoms with Gasteiger partial charge in [-0.05, 0) is 24.5 Å². The molecule has 1 aromatic carbocycles. The van der Waals surface area contributed by atoms with Crippen LogP contribution in [0.1, 0.15) is 13.3 Å². The molecule has 2 N–H and O–H groups in total. The molecule has 0 spiro atoms. The average Bonchev–Trinajstić information content (AvgIpc) is 2.51. The van der Waals surface area contributed by atoms with Gasteiger partial charge in [0, 0.05) is 19.2 Å². The van der Waals surface area contributed by atoms with Gasteiger partial charge in [-0.3, -0.25) is 14.5 Å². The van der Waals surface area contributed by atoms with E-state index in [1.165, 1.54) is 12.1 Å². The maximum atomic E-state index is 13.0. The van der Waals surface area contributed by atoms with Crippen LogP contribution in [-0.2, 0) is 9.59 Å². The summed E-state index contributed by atoms with van der Waals surface area (Å²) in [5.74, 6) is -1.10. The van der Waals surface area contributed by atoms with Crippen molar-refractivity contribution in [2.75, 3.05) is 32.8 Å². The highest BCUT2D eigenvalue weighted by atomic mass is 19.1. The van der Waals surface area contributed by atoms with Crippen LogP contribution in [0.2, 0.25) is 0 Å². The predicted molar refractivity (Wildman–Crippen MR) is 86.3 cm³/mol. The third-order valence-corrected chi connectivity index (χ3v) is 3.94. The van der Waals surface area contributed by atoms with Gasteiger partial charge in [0.25, 0.3) is 0 Å². The minimum atomic E-state index is -0.810. The zero-order valence-corrected chi connectivity index (χ0v) is 13.7. The minimum Gasteiger partial charge on any atom is -0.492 e. The first-order valence-electron chi connectivity index (χ1n) is 8.04. The lowest BCUT2D eigenvalue weighted by atomic mass is 9.90. The van der Waals surface area contributed by atoms with E-state index in [2.05, 4.69) is 5.32 Å². The number of rotatable bonds is 7. The lowest BCUT2D eigenvalue weighted by Crippen LogP contribution is -2.47. The second-order valence-corrected chi connectivity index (χ2v) is 6.23. The number of likely N-dealkylation sites (tertiary alicyclic amines) is 1. The van der Waals surface area contributed by atoms with E-state index >= 15 is 0 Å². The normalized spacial score (nSPS) is 21.2. The summed E-state index contributed by atoms with van der Waals surface area (Å²) in [6.07, 6.45) is 0.648. The van der Waals surface area contributed by atoms with Crippen LogP contribution in [0.15, 0.2) is 24.3 Å². The Balaban J connectivity index is 1.68. The molecule has 1 aliphatic heterocycles. The molecule has 0 aromatic heterocycles. The van der Waals surface area contributed by atoms with Gasteiger partial charge in [0.1, 0.15) is 18.2 Å². The summed E-state index contributed by atoms with van der Waals surface area (Å²) in [4.78, 5) is 24.9. The molecular formula is C17H23FN2O4. The Morgan fingerprint density at radius 1 is 1.42 bits per heavy atom. The van der Waals surface area contributed by atoms with Crippen LogP contribution >= 0.6 is 0 Å². The van der Waals surface area contributed by atoms with Crippen LogP contribution in [0.25, 0.3) is 0 Å². The zero-order valence-electron chi connectivity index (χ0n) is 13.7. The van der Waals surface area contributed by atoms with Crippen LogP contribution in [-0.4, -0.2) is 54.7 Å². The smallest absolute Gasteiger partial charge is 0.307 e. The van der Waals surface area contributed by atoms with Gasteiger partial charge in [0.2, 0.25) is 5.91 Å². The van der Waals surface area contributed by atoms with Crippen LogP contribution in [0.4, 0.5) is 4.39 Å². The molecule has 0 saturated carbocycles. The monoisotopic (exact) mass is 338 g/mol. The molecule has 1 saturated heterocycles. The topological polar surface area (TPSA) is 78.9 Å². The Kier molecular flexibility index (Phi) is 6.54. The highest BCUT2D eigenvalue weighted by Crippen LogP contribution is 2.21. The molecule has 7 heteroatoms. The number of nitrogens with one attached hydrogen (secondary N) is 1. The van der Waals surface area contributed by atoms with Gasteiger partial charge in [-0.15, -0.1) is 0 Å². The van der Waals surface area contributed by atoms with Crippen molar-refractivity contribution in [3.05, 3.63) is 30.1 Å². The number of carboxylic acid groups (broad SMARTS) is 1. The fraction of sp³-hybridized carbons (Fsp3) is 0.529. The van der Waals surface area contributed by atoms with Crippen molar-refractivity contribution in [2.45, 2.75) is 13.3 Å². The molecule has 2 unspecified atom stereocenters. The Bertz CT molecular complexity index is 581. The van der Waals surface area contributed by atoms with Gasteiger partial charge in [-0.2, -0.15) is 0 Å². The van der Waals surface area contributed by atoms with Crippen LogP contribution in [0, 0.1) is 17.7 Å². The average molecular weight is 338 g/mol. The summed E-state index contributed by atoms with van der Waals surface area (Å²) >= 11 is 0. The van der Waals surface area contributed by atoms with Crippen molar-refractivity contribution in [3.63, 3.8) is 0 Å². The first-order valence-corrected chi connectivity index (χ1v) is 8.04. The number of carbonyl (C=O) groups is 2. The third-order valence-electron chi connectivity index (χ3n) is 3.94. The number of piperidine rings is 1. The van der Waals surface area contributed by atoms with E-state index in [0.29, 0.717) is 25.3 Å². The molecule has 1 amide bonds. The van der Waals surface area contributed by atoms with Crippen molar-refractivity contribution in [2.24, 2.45) is 11.8 Å². The number of aliphatic carboxylic acids is 1. The summed E-state index contributed by atoms with van der Waals surface area (Å²) in [5.41, 5.74) is 0. The molecule has 1 aliphatic rings. The van der Waals surface area contributed by atoms with Crippen molar-refractivity contribution >= 4 is 11.9 Å². The molecule has 1 fully saturated rings. The number of hydrogen-bond acceptors (Lipinski definition) is 4. The van der Waals surface area contributed by atoms with Gasteiger partial charge in [0.15, 0.2) is 0 Å². The van der Waals surface area contributed by atoms with E-state index in [1.807, 2.05) is 11.8 Å². The third kappa shape index (κ3) is 5.81. The van der Waals surface area contributed by atoms with E-state index in [4.69, 9.17) is 9.84 Å². The lowest BCUT2D eigenvalue weighted by Gasteiger charge is -2.34. The Labute approximate surface area is 140 Å². The van der Waals surface area contributed by atoms with Gasteiger partial charge < -0.3 is 15.2 Å². The zero-order chi connectivity index (χ0) is 17.5. The number of nitrogens with zero attached hydrogens (tertiary/aromatic N) is 1. The van der Waals surface area contributed by atoms with E-state index in [1.54, 1.807) is 12.1 Å². The molecular weight excluding hydrogens is 315 g/mol. The first-order chi connectivity index (χ1) is 11.4. The SMILES string of the molecule is CC1CC(C(=O)O)CN(CC(=O)NCCOc2cccc(F)c2)C1. The minimum absolute atomic E-state index is 0.170. The number of benzene rings is 1. The Morgan fingerprint density at radius 3 is 2.92 bits per heavy atom. The molecule has 0 aliphatic carbocycles. The number of ether oxygens (including phenoxy) is 1. The highest BCUT2D eigenvalue weighted by molar-refractivity contribution is 5.78. The second-order valence-electron chi connectivity index (χ2n) is 6.23. The summed E-state index contributed by atoms with van der Waals surface area (Å²) in [6.45, 7) is 3.83. The fourth-order valence-electron chi connectivity index (χ4n) is 2.94. The molecule has 2 rings (SSSR count). The highest BCUT2D eigenvalue weighted by Gasteiger charge is 2.30. The summed E-state index contributed by atoms with van der Waals surface area (Å²) in [5, 5.41) is 11.9. The van der Waals surface area contributed by atoms with E-state index in [-0.39, 0.29) is 30.8 Å². The van der Waals surface area contributed by atoms with Gasteiger partial charge in [-0.25, -0.2) is 4.39 Å².